The summed E-state index contributed by atoms with van der Waals surface area (Å²) in [5, 5.41) is 20.3. The van der Waals surface area contributed by atoms with Crippen molar-refractivity contribution >= 4 is 5.97 Å². The summed E-state index contributed by atoms with van der Waals surface area (Å²) >= 11 is 0. The highest BCUT2D eigenvalue weighted by Gasteiger charge is 2.34. The Labute approximate surface area is 121 Å². The quantitative estimate of drug-likeness (QED) is 0.580. The van der Waals surface area contributed by atoms with Crippen molar-refractivity contribution in [1.82, 2.24) is 0 Å². The second-order valence-electron chi connectivity index (χ2n) is 5.95. The van der Waals surface area contributed by atoms with Gasteiger partial charge in [0.1, 0.15) is 0 Å². The molecule has 0 saturated carbocycles. The highest BCUT2D eigenvalue weighted by atomic mass is 16.5. The van der Waals surface area contributed by atoms with Crippen molar-refractivity contribution < 1.29 is 19.7 Å². The van der Waals surface area contributed by atoms with Crippen molar-refractivity contribution in [3.63, 3.8) is 0 Å². The van der Waals surface area contributed by atoms with Gasteiger partial charge in [-0.05, 0) is 51.9 Å². The molecule has 1 aliphatic carbocycles. The van der Waals surface area contributed by atoms with Crippen LogP contribution in [0.5, 0.6) is 0 Å². The van der Waals surface area contributed by atoms with E-state index in [1.807, 2.05) is 6.08 Å². The minimum Gasteiger partial charge on any atom is -0.466 e. The van der Waals surface area contributed by atoms with Crippen molar-refractivity contribution in [3.05, 3.63) is 23.8 Å². The van der Waals surface area contributed by atoms with Gasteiger partial charge in [-0.2, -0.15) is 0 Å². The Morgan fingerprint density at radius 3 is 2.75 bits per heavy atom. The van der Waals surface area contributed by atoms with Crippen LogP contribution < -0.4 is 0 Å². The Hall–Kier alpha value is -1.13. The Bertz CT molecular complexity index is 395. The first kappa shape index (κ1) is 16.9. The maximum atomic E-state index is 11.4. The molecule has 1 rings (SSSR count). The Morgan fingerprint density at radius 1 is 1.65 bits per heavy atom. The van der Waals surface area contributed by atoms with E-state index < -0.39 is 11.7 Å². The first-order valence-electron chi connectivity index (χ1n) is 7.11. The molecule has 0 aromatic rings. The molecule has 0 heterocycles. The number of carbonyl (C=O) groups is 1. The van der Waals surface area contributed by atoms with Crippen LogP contribution in [-0.2, 0) is 9.53 Å². The maximum absolute atomic E-state index is 11.4. The molecule has 2 N–H and O–H groups in total. The molecule has 0 aromatic heterocycles. The summed E-state index contributed by atoms with van der Waals surface area (Å²) in [5.74, 6) is -0.172. The third-order valence-corrected chi connectivity index (χ3v) is 4.23. The van der Waals surface area contributed by atoms with Crippen LogP contribution in [0.25, 0.3) is 0 Å². The number of rotatable bonds is 6. The number of ether oxygens (including phenoxy) is 1. The summed E-state index contributed by atoms with van der Waals surface area (Å²) in [6.45, 7) is 7.30. The van der Waals surface area contributed by atoms with E-state index in [2.05, 4.69) is 6.58 Å². The summed E-state index contributed by atoms with van der Waals surface area (Å²) in [4.78, 5) is 11.4. The SMILES string of the molecule is C=C(C)C(O)CCC(C)(O)C1CC=C(C(=O)OC)CC1. The molecular formula is C16H26O4. The van der Waals surface area contributed by atoms with E-state index in [0.717, 1.165) is 12.0 Å². The number of esters is 1. The normalized spacial score (nSPS) is 23.4. The van der Waals surface area contributed by atoms with Crippen molar-refractivity contribution in [3.8, 4) is 0 Å². The molecule has 3 unspecified atom stereocenters. The van der Waals surface area contributed by atoms with Gasteiger partial charge in [-0.25, -0.2) is 4.79 Å². The monoisotopic (exact) mass is 282 g/mol. The number of methoxy groups -OCH3 is 1. The Balaban J connectivity index is 2.56. The highest BCUT2D eigenvalue weighted by molar-refractivity contribution is 5.88. The van der Waals surface area contributed by atoms with Gasteiger partial charge < -0.3 is 14.9 Å². The van der Waals surface area contributed by atoms with Gasteiger partial charge in [-0.1, -0.05) is 18.2 Å². The summed E-state index contributed by atoms with van der Waals surface area (Å²) in [7, 11) is 1.38. The van der Waals surface area contributed by atoms with Gasteiger partial charge in [0.05, 0.1) is 18.8 Å². The number of hydrogen-bond donors (Lipinski definition) is 2. The van der Waals surface area contributed by atoms with E-state index in [1.165, 1.54) is 7.11 Å². The molecule has 3 atom stereocenters. The first-order chi connectivity index (χ1) is 9.27. The summed E-state index contributed by atoms with van der Waals surface area (Å²) < 4.78 is 4.70. The van der Waals surface area contributed by atoms with E-state index in [1.54, 1.807) is 13.8 Å². The van der Waals surface area contributed by atoms with Gasteiger partial charge in [0.2, 0.25) is 0 Å². The van der Waals surface area contributed by atoms with Crippen molar-refractivity contribution in [2.45, 2.75) is 57.7 Å². The fourth-order valence-electron chi connectivity index (χ4n) is 2.59. The van der Waals surface area contributed by atoms with Crippen molar-refractivity contribution in [2.75, 3.05) is 7.11 Å². The van der Waals surface area contributed by atoms with E-state index in [9.17, 15) is 15.0 Å². The average molecular weight is 282 g/mol. The predicted molar refractivity (Wildman–Crippen MR) is 78.1 cm³/mol. The lowest BCUT2D eigenvalue weighted by atomic mass is 9.76. The predicted octanol–water partition coefficient (Wildman–Crippen LogP) is 2.35. The maximum Gasteiger partial charge on any atom is 0.333 e. The van der Waals surface area contributed by atoms with Gasteiger partial charge in [0.25, 0.3) is 0 Å². The number of carbonyl (C=O) groups excluding carboxylic acids is 1. The zero-order valence-electron chi connectivity index (χ0n) is 12.7. The third kappa shape index (κ3) is 4.46. The molecule has 4 nitrogen and oxygen atoms in total. The average Bonchev–Trinajstić information content (AvgIpc) is 2.44. The zero-order chi connectivity index (χ0) is 15.3. The fourth-order valence-corrected chi connectivity index (χ4v) is 2.59. The fraction of sp³-hybridized carbons (Fsp3) is 0.688. The molecule has 20 heavy (non-hydrogen) atoms. The molecule has 4 heteroatoms. The van der Waals surface area contributed by atoms with Gasteiger partial charge in [0, 0.05) is 5.57 Å². The number of hydrogen-bond acceptors (Lipinski definition) is 4. The smallest absolute Gasteiger partial charge is 0.333 e. The van der Waals surface area contributed by atoms with E-state index >= 15 is 0 Å². The zero-order valence-corrected chi connectivity index (χ0v) is 12.7. The van der Waals surface area contributed by atoms with Crippen LogP contribution in [0, 0.1) is 5.92 Å². The molecule has 0 aromatic carbocycles. The topological polar surface area (TPSA) is 66.8 Å². The largest absolute Gasteiger partial charge is 0.466 e. The van der Waals surface area contributed by atoms with Crippen molar-refractivity contribution in [2.24, 2.45) is 5.92 Å². The molecule has 0 fully saturated rings. The highest BCUT2D eigenvalue weighted by Crippen LogP contribution is 2.35. The second kappa shape index (κ2) is 7.04. The summed E-state index contributed by atoms with van der Waals surface area (Å²) in [6, 6.07) is 0. The van der Waals surface area contributed by atoms with Crippen LogP contribution in [0.2, 0.25) is 0 Å². The number of allylic oxidation sites excluding steroid dienone is 1. The molecule has 114 valence electrons. The molecule has 0 saturated heterocycles. The lowest BCUT2D eigenvalue weighted by Gasteiger charge is -2.35. The van der Waals surface area contributed by atoms with Crippen LogP contribution in [-0.4, -0.2) is 35.0 Å². The van der Waals surface area contributed by atoms with Crippen molar-refractivity contribution in [1.29, 1.82) is 0 Å². The molecule has 0 radical (unpaired) electrons. The van der Waals surface area contributed by atoms with Gasteiger partial charge in [0.15, 0.2) is 0 Å². The minimum absolute atomic E-state index is 0.105. The third-order valence-electron chi connectivity index (χ3n) is 4.23. The standard InChI is InChI=1S/C16H26O4/c1-11(2)14(17)9-10-16(3,19)13-7-5-12(6-8-13)15(18)20-4/h5,13-14,17,19H,1,6-10H2,2-4H3. The van der Waals surface area contributed by atoms with Crippen LogP contribution in [0.4, 0.5) is 0 Å². The van der Waals surface area contributed by atoms with E-state index in [-0.39, 0.29) is 11.9 Å². The molecular weight excluding hydrogens is 256 g/mol. The number of aliphatic hydroxyl groups is 2. The van der Waals surface area contributed by atoms with Crippen LogP contribution in [0.3, 0.4) is 0 Å². The number of aliphatic hydroxyl groups excluding tert-OH is 1. The first-order valence-corrected chi connectivity index (χ1v) is 7.11. The lowest BCUT2D eigenvalue weighted by Crippen LogP contribution is -2.37. The summed E-state index contributed by atoms with van der Waals surface area (Å²) in [6.07, 6.45) is 4.39. The van der Waals surface area contributed by atoms with E-state index in [4.69, 9.17) is 4.74 Å². The van der Waals surface area contributed by atoms with Gasteiger partial charge >= 0.3 is 5.97 Å². The van der Waals surface area contributed by atoms with Gasteiger partial charge in [-0.15, -0.1) is 0 Å². The van der Waals surface area contributed by atoms with Gasteiger partial charge in [-0.3, -0.25) is 0 Å². The van der Waals surface area contributed by atoms with Crippen LogP contribution in [0.15, 0.2) is 23.8 Å². The minimum atomic E-state index is -0.839. The molecule has 1 aliphatic rings. The summed E-state index contributed by atoms with van der Waals surface area (Å²) in [5.41, 5.74) is 0.577. The van der Waals surface area contributed by atoms with Crippen LogP contribution >= 0.6 is 0 Å². The molecule has 0 aliphatic heterocycles. The lowest BCUT2D eigenvalue weighted by molar-refractivity contribution is -0.136. The molecule has 0 amide bonds. The molecule has 0 bridgehead atoms. The second-order valence-corrected chi connectivity index (χ2v) is 5.95. The molecule has 0 spiro atoms. The van der Waals surface area contributed by atoms with Crippen LogP contribution in [0.1, 0.15) is 46.0 Å². The Morgan fingerprint density at radius 2 is 2.30 bits per heavy atom. The van der Waals surface area contributed by atoms with E-state index in [0.29, 0.717) is 31.3 Å². The Kier molecular flexibility index (Phi) is 5.96.